The molecule has 94 valence electrons. The number of hydrogen-bond donors (Lipinski definition) is 2. The molecule has 1 saturated carbocycles. The van der Waals surface area contributed by atoms with Crippen molar-refractivity contribution >= 4 is 0 Å². The van der Waals surface area contributed by atoms with E-state index in [2.05, 4.69) is 5.32 Å². The summed E-state index contributed by atoms with van der Waals surface area (Å²) < 4.78 is 26.4. The van der Waals surface area contributed by atoms with E-state index in [4.69, 9.17) is 5.73 Å². The normalized spacial score (nSPS) is 24.9. The summed E-state index contributed by atoms with van der Waals surface area (Å²) in [6.07, 6.45) is 4.03. The molecule has 0 aliphatic heterocycles. The van der Waals surface area contributed by atoms with Crippen LogP contribution in [0.15, 0.2) is 18.2 Å². The number of rotatable bonds is 3. The van der Waals surface area contributed by atoms with Crippen LogP contribution in [0.5, 0.6) is 0 Å². The summed E-state index contributed by atoms with van der Waals surface area (Å²) in [6, 6.07) is 4.96. The SMILES string of the molecule is NC1CCC(NCc2cccc(F)c2F)CC1. The molecule has 0 atom stereocenters. The highest BCUT2D eigenvalue weighted by atomic mass is 19.2. The van der Waals surface area contributed by atoms with Gasteiger partial charge in [0.25, 0.3) is 0 Å². The largest absolute Gasteiger partial charge is 0.328 e. The zero-order valence-corrected chi connectivity index (χ0v) is 9.76. The molecule has 1 aliphatic rings. The highest BCUT2D eigenvalue weighted by molar-refractivity contribution is 5.18. The van der Waals surface area contributed by atoms with E-state index in [1.807, 2.05) is 0 Å². The van der Waals surface area contributed by atoms with Gasteiger partial charge in [0.2, 0.25) is 0 Å². The number of hydrogen-bond acceptors (Lipinski definition) is 2. The topological polar surface area (TPSA) is 38.0 Å². The van der Waals surface area contributed by atoms with Crippen LogP contribution in [-0.4, -0.2) is 12.1 Å². The molecule has 0 saturated heterocycles. The minimum absolute atomic E-state index is 0.305. The molecule has 2 nitrogen and oxygen atoms in total. The van der Waals surface area contributed by atoms with E-state index in [0.29, 0.717) is 24.2 Å². The van der Waals surface area contributed by atoms with Gasteiger partial charge in [-0.1, -0.05) is 12.1 Å². The van der Waals surface area contributed by atoms with Crippen LogP contribution in [0.4, 0.5) is 8.78 Å². The van der Waals surface area contributed by atoms with Crippen LogP contribution in [0.25, 0.3) is 0 Å². The molecule has 3 N–H and O–H groups in total. The van der Waals surface area contributed by atoms with E-state index in [0.717, 1.165) is 31.7 Å². The van der Waals surface area contributed by atoms with Crippen LogP contribution < -0.4 is 11.1 Å². The summed E-state index contributed by atoms with van der Waals surface area (Å²) in [7, 11) is 0. The molecule has 0 spiro atoms. The third-order valence-electron chi connectivity index (χ3n) is 3.38. The van der Waals surface area contributed by atoms with Crippen molar-refractivity contribution in [1.29, 1.82) is 0 Å². The van der Waals surface area contributed by atoms with Crippen LogP contribution in [0.1, 0.15) is 31.2 Å². The number of halogens is 2. The van der Waals surface area contributed by atoms with E-state index < -0.39 is 11.6 Å². The van der Waals surface area contributed by atoms with Gasteiger partial charge in [0.15, 0.2) is 11.6 Å². The standard InChI is InChI=1S/C13H18F2N2/c14-12-3-1-2-9(13(12)15)8-17-11-6-4-10(16)5-7-11/h1-3,10-11,17H,4-8,16H2. The maximum atomic E-state index is 13.4. The summed E-state index contributed by atoms with van der Waals surface area (Å²) in [5.41, 5.74) is 6.20. The molecule has 17 heavy (non-hydrogen) atoms. The average Bonchev–Trinajstić information content (AvgIpc) is 2.33. The van der Waals surface area contributed by atoms with Crippen molar-refractivity contribution in [1.82, 2.24) is 5.32 Å². The minimum atomic E-state index is -0.782. The fourth-order valence-electron chi connectivity index (χ4n) is 2.26. The predicted molar refractivity (Wildman–Crippen MR) is 63.4 cm³/mol. The number of nitrogens with two attached hydrogens (primary N) is 1. The predicted octanol–water partition coefficient (Wildman–Crippen LogP) is 2.32. The molecule has 4 heteroatoms. The van der Waals surface area contributed by atoms with Crippen molar-refractivity contribution in [2.45, 2.75) is 44.3 Å². The Balaban J connectivity index is 1.87. The zero-order valence-electron chi connectivity index (χ0n) is 9.76. The molecule has 2 rings (SSSR count). The third-order valence-corrected chi connectivity index (χ3v) is 3.38. The molecule has 0 aromatic heterocycles. The summed E-state index contributed by atoms with van der Waals surface area (Å²) in [5, 5.41) is 3.26. The van der Waals surface area contributed by atoms with E-state index in [1.54, 1.807) is 6.07 Å². The molecule has 1 fully saturated rings. The second kappa shape index (κ2) is 5.56. The summed E-state index contributed by atoms with van der Waals surface area (Å²) in [4.78, 5) is 0. The van der Waals surface area contributed by atoms with Crippen molar-refractivity contribution in [3.63, 3.8) is 0 Å². The fraction of sp³-hybridized carbons (Fsp3) is 0.538. The molecule has 1 aromatic rings. The smallest absolute Gasteiger partial charge is 0.163 e. The maximum Gasteiger partial charge on any atom is 0.163 e. The lowest BCUT2D eigenvalue weighted by atomic mass is 9.92. The van der Waals surface area contributed by atoms with Gasteiger partial charge in [-0.3, -0.25) is 0 Å². The van der Waals surface area contributed by atoms with Gasteiger partial charge in [0, 0.05) is 24.2 Å². The van der Waals surface area contributed by atoms with Gasteiger partial charge in [-0.15, -0.1) is 0 Å². The van der Waals surface area contributed by atoms with Crippen molar-refractivity contribution in [3.05, 3.63) is 35.4 Å². The minimum Gasteiger partial charge on any atom is -0.328 e. The Morgan fingerprint density at radius 1 is 1.18 bits per heavy atom. The van der Waals surface area contributed by atoms with Gasteiger partial charge < -0.3 is 11.1 Å². The maximum absolute atomic E-state index is 13.4. The van der Waals surface area contributed by atoms with Crippen molar-refractivity contribution in [2.75, 3.05) is 0 Å². The third kappa shape index (κ3) is 3.23. The van der Waals surface area contributed by atoms with Crippen LogP contribution in [0.2, 0.25) is 0 Å². The lowest BCUT2D eigenvalue weighted by Gasteiger charge is -2.27. The molecule has 1 aromatic carbocycles. The Kier molecular flexibility index (Phi) is 4.07. The van der Waals surface area contributed by atoms with E-state index in [-0.39, 0.29) is 0 Å². The lowest BCUT2D eigenvalue weighted by molar-refractivity contribution is 0.339. The van der Waals surface area contributed by atoms with Gasteiger partial charge in [0.1, 0.15) is 0 Å². The summed E-state index contributed by atoms with van der Waals surface area (Å²) in [6.45, 7) is 0.378. The Bertz CT molecular complexity index is 374. The average molecular weight is 240 g/mol. The molecular weight excluding hydrogens is 222 g/mol. The van der Waals surface area contributed by atoms with Gasteiger partial charge in [0.05, 0.1) is 0 Å². The highest BCUT2D eigenvalue weighted by Gasteiger charge is 2.18. The Morgan fingerprint density at radius 2 is 1.88 bits per heavy atom. The van der Waals surface area contributed by atoms with Crippen molar-refractivity contribution in [2.24, 2.45) is 5.73 Å². The first-order chi connectivity index (χ1) is 8.16. The monoisotopic (exact) mass is 240 g/mol. The Hall–Kier alpha value is -1.00. The van der Waals surface area contributed by atoms with Gasteiger partial charge in [-0.25, -0.2) is 8.78 Å². The number of nitrogens with one attached hydrogen (secondary N) is 1. The molecular formula is C13H18F2N2. The van der Waals surface area contributed by atoms with Crippen molar-refractivity contribution < 1.29 is 8.78 Å². The first kappa shape index (κ1) is 12.5. The quantitative estimate of drug-likeness (QED) is 0.851. The first-order valence-electron chi connectivity index (χ1n) is 6.08. The van der Waals surface area contributed by atoms with Crippen LogP contribution in [0.3, 0.4) is 0 Å². The molecule has 0 bridgehead atoms. The second-order valence-electron chi connectivity index (χ2n) is 4.71. The van der Waals surface area contributed by atoms with Gasteiger partial charge in [-0.2, -0.15) is 0 Å². The van der Waals surface area contributed by atoms with Gasteiger partial charge in [-0.05, 0) is 31.7 Å². The van der Waals surface area contributed by atoms with Crippen LogP contribution in [-0.2, 0) is 6.54 Å². The van der Waals surface area contributed by atoms with Gasteiger partial charge >= 0.3 is 0 Å². The fourth-order valence-corrected chi connectivity index (χ4v) is 2.26. The number of benzene rings is 1. The molecule has 0 radical (unpaired) electrons. The van der Waals surface area contributed by atoms with E-state index >= 15 is 0 Å². The Morgan fingerprint density at radius 3 is 2.59 bits per heavy atom. The first-order valence-corrected chi connectivity index (χ1v) is 6.08. The van der Waals surface area contributed by atoms with Crippen molar-refractivity contribution in [3.8, 4) is 0 Å². The summed E-state index contributed by atoms with van der Waals surface area (Å²) >= 11 is 0. The van der Waals surface area contributed by atoms with E-state index in [1.165, 1.54) is 6.07 Å². The molecule has 0 heterocycles. The van der Waals surface area contributed by atoms with E-state index in [9.17, 15) is 8.78 Å². The highest BCUT2D eigenvalue weighted by Crippen LogP contribution is 2.18. The second-order valence-corrected chi connectivity index (χ2v) is 4.71. The Labute approximate surface area is 100 Å². The zero-order chi connectivity index (χ0) is 12.3. The molecule has 1 aliphatic carbocycles. The van der Waals surface area contributed by atoms with Crippen LogP contribution in [0, 0.1) is 11.6 Å². The molecule has 0 amide bonds. The van der Waals surface area contributed by atoms with Crippen LogP contribution >= 0.6 is 0 Å². The lowest BCUT2D eigenvalue weighted by Crippen LogP contribution is -2.37. The molecule has 0 unspecified atom stereocenters. The summed E-state index contributed by atoms with van der Waals surface area (Å²) in [5.74, 6) is -1.53.